The fourth-order valence-corrected chi connectivity index (χ4v) is 2.23. The zero-order chi connectivity index (χ0) is 15.4. The van der Waals surface area contributed by atoms with E-state index in [1.807, 2.05) is 13.8 Å². The first-order valence-corrected chi connectivity index (χ1v) is 7.35. The molecule has 0 saturated heterocycles. The van der Waals surface area contributed by atoms with Gasteiger partial charge in [-0.15, -0.1) is 0 Å². The number of rotatable bonds is 4. The molecule has 2 heterocycles. The molecule has 0 unspecified atom stereocenters. The van der Waals surface area contributed by atoms with Crippen LogP contribution in [0.2, 0.25) is 10.3 Å². The SMILES string of the molecule is CCCc1cc(C(=O)Nc2cnc(Cl)c(C)c2)cc(Cl)n1. The number of hydrogen-bond acceptors (Lipinski definition) is 3. The predicted molar refractivity (Wildman–Crippen MR) is 85.2 cm³/mol. The lowest BCUT2D eigenvalue weighted by Gasteiger charge is -2.08. The Morgan fingerprint density at radius 2 is 2.05 bits per heavy atom. The number of carbonyl (C=O) groups excluding carboxylic acids is 1. The van der Waals surface area contributed by atoms with Crippen molar-refractivity contribution in [2.45, 2.75) is 26.7 Å². The monoisotopic (exact) mass is 323 g/mol. The Balaban J connectivity index is 2.21. The van der Waals surface area contributed by atoms with E-state index in [1.165, 1.54) is 6.20 Å². The Bertz CT molecular complexity index is 674. The molecule has 21 heavy (non-hydrogen) atoms. The molecule has 0 radical (unpaired) electrons. The molecule has 6 heteroatoms. The van der Waals surface area contributed by atoms with Crippen LogP contribution in [0.25, 0.3) is 0 Å². The van der Waals surface area contributed by atoms with Crippen molar-refractivity contribution in [1.82, 2.24) is 9.97 Å². The first kappa shape index (κ1) is 15.7. The molecule has 4 nitrogen and oxygen atoms in total. The number of aromatic nitrogens is 2. The van der Waals surface area contributed by atoms with Crippen LogP contribution in [0, 0.1) is 6.92 Å². The van der Waals surface area contributed by atoms with Gasteiger partial charge >= 0.3 is 0 Å². The van der Waals surface area contributed by atoms with Crippen molar-refractivity contribution in [3.63, 3.8) is 0 Å². The van der Waals surface area contributed by atoms with Crippen LogP contribution < -0.4 is 5.32 Å². The summed E-state index contributed by atoms with van der Waals surface area (Å²) >= 11 is 11.8. The molecular formula is C15H15Cl2N3O. The highest BCUT2D eigenvalue weighted by Crippen LogP contribution is 2.18. The minimum atomic E-state index is -0.250. The van der Waals surface area contributed by atoms with E-state index in [2.05, 4.69) is 15.3 Å². The standard InChI is InChI=1S/C15H15Cl2N3O/c1-3-4-11-6-10(7-13(16)19-11)15(21)20-12-5-9(2)14(17)18-8-12/h5-8H,3-4H2,1-2H3,(H,20,21). The van der Waals surface area contributed by atoms with Crippen molar-refractivity contribution in [3.8, 4) is 0 Å². The third kappa shape index (κ3) is 4.16. The number of halogens is 2. The minimum Gasteiger partial charge on any atom is -0.321 e. The van der Waals surface area contributed by atoms with E-state index in [-0.39, 0.29) is 5.91 Å². The average Bonchev–Trinajstić information content (AvgIpc) is 2.42. The molecule has 2 rings (SSSR count). The van der Waals surface area contributed by atoms with Gasteiger partial charge in [0.05, 0.1) is 11.9 Å². The van der Waals surface area contributed by atoms with Crippen molar-refractivity contribution in [3.05, 3.63) is 51.5 Å². The maximum Gasteiger partial charge on any atom is 0.255 e. The summed E-state index contributed by atoms with van der Waals surface area (Å²) in [5.41, 5.74) is 2.67. The molecular weight excluding hydrogens is 309 g/mol. The molecule has 0 aliphatic heterocycles. The summed E-state index contributed by atoms with van der Waals surface area (Å²) in [5, 5.41) is 3.51. The van der Waals surface area contributed by atoms with Gasteiger partial charge in [-0.05, 0) is 37.1 Å². The number of nitrogens with one attached hydrogen (secondary N) is 1. The number of nitrogens with zero attached hydrogens (tertiary/aromatic N) is 2. The number of carbonyl (C=O) groups is 1. The largest absolute Gasteiger partial charge is 0.321 e. The van der Waals surface area contributed by atoms with Gasteiger partial charge in [0.1, 0.15) is 10.3 Å². The lowest BCUT2D eigenvalue weighted by atomic mass is 10.1. The van der Waals surface area contributed by atoms with E-state index in [0.29, 0.717) is 21.6 Å². The summed E-state index contributed by atoms with van der Waals surface area (Å²) in [4.78, 5) is 20.5. The number of hydrogen-bond donors (Lipinski definition) is 1. The summed E-state index contributed by atoms with van der Waals surface area (Å²) in [5.74, 6) is -0.250. The van der Waals surface area contributed by atoms with Gasteiger partial charge in [0.15, 0.2) is 0 Å². The highest BCUT2D eigenvalue weighted by molar-refractivity contribution is 6.30. The topological polar surface area (TPSA) is 54.9 Å². The molecule has 2 aromatic rings. The quantitative estimate of drug-likeness (QED) is 0.853. The first-order chi connectivity index (χ1) is 9.99. The van der Waals surface area contributed by atoms with Gasteiger partial charge in [-0.3, -0.25) is 4.79 Å². The van der Waals surface area contributed by atoms with E-state index in [0.717, 1.165) is 24.1 Å². The molecule has 0 aliphatic rings. The molecule has 1 amide bonds. The van der Waals surface area contributed by atoms with Crippen molar-refractivity contribution >= 4 is 34.8 Å². The molecule has 0 bridgehead atoms. The fourth-order valence-electron chi connectivity index (χ4n) is 1.90. The van der Waals surface area contributed by atoms with E-state index in [1.54, 1.807) is 18.2 Å². The minimum absolute atomic E-state index is 0.250. The molecule has 0 spiro atoms. The van der Waals surface area contributed by atoms with Crippen LogP contribution in [0.1, 0.15) is 35.0 Å². The summed E-state index contributed by atoms with van der Waals surface area (Å²) in [7, 11) is 0. The fraction of sp³-hybridized carbons (Fsp3) is 0.267. The third-order valence-corrected chi connectivity index (χ3v) is 3.48. The van der Waals surface area contributed by atoms with E-state index in [4.69, 9.17) is 23.2 Å². The van der Waals surface area contributed by atoms with E-state index >= 15 is 0 Å². The summed E-state index contributed by atoms with van der Waals surface area (Å²) < 4.78 is 0. The van der Waals surface area contributed by atoms with Crippen LogP contribution in [-0.2, 0) is 6.42 Å². The van der Waals surface area contributed by atoms with Gasteiger partial charge in [-0.25, -0.2) is 9.97 Å². The lowest BCUT2D eigenvalue weighted by molar-refractivity contribution is 0.102. The van der Waals surface area contributed by atoms with Gasteiger partial charge in [0.2, 0.25) is 0 Å². The second-order valence-corrected chi connectivity index (χ2v) is 5.45. The van der Waals surface area contributed by atoms with Gasteiger partial charge < -0.3 is 5.32 Å². The highest BCUT2D eigenvalue weighted by Gasteiger charge is 2.10. The summed E-state index contributed by atoms with van der Waals surface area (Å²) in [6.07, 6.45) is 3.24. The summed E-state index contributed by atoms with van der Waals surface area (Å²) in [6, 6.07) is 5.07. The Kier molecular flexibility index (Phi) is 5.15. The van der Waals surface area contributed by atoms with Crippen molar-refractivity contribution in [2.24, 2.45) is 0 Å². The van der Waals surface area contributed by atoms with Crippen molar-refractivity contribution < 1.29 is 4.79 Å². The van der Waals surface area contributed by atoms with E-state index in [9.17, 15) is 4.79 Å². The maximum atomic E-state index is 12.3. The molecule has 110 valence electrons. The Labute approximate surface area is 133 Å². The third-order valence-electron chi connectivity index (χ3n) is 2.89. The smallest absolute Gasteiger partial charge is 0.255 e. The molecule has 1 N–H and O–H groups in total. The normalized spacial score (nSPS) is 10.5. The van der Waals surface area contributed by atoms with Gasteiger partial charge in [-0.2, -0.15) is 0 Å². The van der Waals surface area contributed by atoms with Crippen LogP contribution in [0.5, 0.6) is 0 Å². The number of anilines is 1. The molecule has 0 aromatic carbocycles. The Morgan fingerprint density at radius 1 is 1.29 bits per heavy atom. The lowest BCUT2D eigenvalue weighted by Crippen LogP contribution is -2.13. The average molecular weight is 324 g/mol. The number of amides is 1. The first-order valence-electron chi connectivity index (χ1n) is 6.59. The van der Waals surface area contributed by atoms with Crippen LogP contribution in [0.3, 0.4) is 0 Å². The molecule has 0 aliphatic carbocycles. The second-order valence-electron chi connectivity index (χ2n) is 4.71. The van der Waals surface area contributed by atoms with E-state index < -0.39 is 0 Å². The number of pyridine rings is 2. The van der Waals surface area contributed by atoms with Gasteiger partial charge in [0.25, 0.3) is 5.91 Å². The van der Waals surface area contributed by atoms with Gasteiger partial charge in [-0.1, -0.05) is 36.5 Å². The van der Waals surface area contributed by atoms with Crippen LogP contribution >= 0.6 is 23.2 Å². The van der Waals surface area contributed by atoms with Crippen molar-refractivity contribution in [2.75, 3.05) is 5.32 Å². The van der Waals surface area contributed by atoms with Crippen LogP contribution in [-0.4, -0.2) is 15.9 Å². The number of aryl methyl sites for hydroxylation is 2. The molecule has 0 atom stereocenters. The van der Waals surface area contributed by atoms with Crippen LogP contribution in [0.4, 0.5) is 5.69 Å². The van der Waals surface area contributed by atoms with Gasteiger partial charge in [0, 0.05) is 11.3 Å². The molecule has 0 fully saturated rings. The second kappa shape index (κ2) is 6.87. The molecule has 2 aromatic heterocycles. The zero-order valence-electron chi connectivity index (χ0n) is 11.8. The summed E-state index contributed by atoms with van der Waals surface area (Å²) in [6.45, 7) is 3.87. The predicted octanol–water partition coefficient (Wildman–Crippen LogP) is 4.30. The van der Waals surface area contributed by atoms with Crippen LogP contribution in [0.15, 0.2) is 24.4 Å². The molecule has 0 saturated carbocycles. The Morgan fingerprint density at radius 3 is 2.71 bits per heavy atom. The van der Waals surface area contributed by atoms with Crippen molar-refractivity contribution in [1.29, 1.82) is 0 Å². The highest BCUT2D eigenvalue weighted by atomic mass is 35.5. The zero-order valence-corrected chi connectivity index (χ0v) is 13.3. The Hall–Kier alpha value is -1.65. The maximum absolute atomic E-state index is 12.3.